The monoisotopic (exact) mass is 316 g/mol. The highest BCUT2D eigenvalue weighted by molar-refractivity contribution is 6.17. The molecule has 2 heteroatoms. The molecular weight excluding hydrogens is 296 g/mol. The molecule has 0 radical (unpaired) electrons. The summed E-state index contributed by atoms with van der Waals surface area (Å²) < 4.78 is 0. The fourth-order valence-corrected chi connectivity index (χ4v) is 3.56. The molecule has 0 aromatic heterocycles. The zero-order chi connectivity index (χ0) is 16.5. The van der Waals surface area contributed by atoms with Crippen LogP contribution in [0.1, 0.15) is 11.1 Å². The molecule has 0 spiro atoms. The lowest BCUT2D eigenvalue weighted by atomic mass is 9.95. The summed E-state index contributed by atoms with van der Waals surface area (Å²) in [5.74, 6) is 0. The maximum Gasteiger partial charge on any atom is 0.0471 e. The lowest BCUT2D eigenvalue weighted by molar-refractivity contribution is 0.299. The van der Waals surface area contributed by atoms with E-state index in [-0.39, 0.29) is 13.2 Å². The van der Waals surface area contributed by atoms with Gasteiger partial charge in [-0.3, -0.25) is 0 Å². The maximum atomic E-state index is 9.13. The van der Waals surface area contributed by atoms with Crippen molar-refractivity contribution in [3.05, 3.63) is 71.8 Å². The van der Waals surface area contributed by atoms with Crippen molar-refractivity contribution in [2.24, 2.45) is 0 Å². The van der Waals surface area contributed by atoms with Crippen molar-refractivity contribution in [3.8, 4) is 0 Å². The van der Waals surface area contributed by atoms with Crippen LogP contribution in [0.15, 0.2) is 60.7 Å². The summed E-state index contributed by atoms with van der Waals surface area (Å²) in [7, 11) is 0. The van der Waals surface area contributed by atoms with Crippen LogP contribution in [0, 0.1) is 0 Å². The van der Waals surface area contributed by atoms with Gasteiger partial charge in [0.2, 0.25) is 0 Å². The van der Waals surface area contributed by atoms with Crippen LogP contribution < -0.4 is 0 Å². The van der Waals surface area contributed by atoms with Gasteiger partial charge in [0.1, 0.15) is 0 Å². The third-order valence-electron chi connectivity index (χ3n) is 4.76. The summed E-state index contributed by atoms with van der Waals surface area (Å²) >= 11 is 0. The summed E-state index contributed by atoms with van der Waals surface area (Å²) in [6, 6.07) is 21.6. The molecule has 0 aliphatic rings. The first-order valence-electron chi connectivity index (χ1n) is 8.39. The van der Waals surface area contributed by atoms with Gasteiger partial charge in [0.25, 0.3) is 0 Å². The van der Waals surface area contributed by atoms with Gasteiger partial charge in [-0.25, -0.2) is 0 Å². The fourth-order valence-electron chi connectivity index (χ4n) is 3.56. The topological polar surface area (TPSA) is 40.5 Å². The van der Waals surface area contributed by atoms with E-state index in [0.717, 1.165) is 0 Å². The van der Waals surface area contributed by atoms with E-state index < -0.39 is 0 Å². The molecule has 0 unspecified atom stereocenters. The van der Waals surface area contributed by atoms with Crippen LogP contribution in [-0.2, 0) is 12.8 Å². The number of aliphatic hydroxyl groups is 2. The van der Waals surface area contributed by atoms with Crippen LogP contribution >= 0.6 is 0 Å². The Kier molecular flexibility index (Phi) is 3.93. The van der Waals surface area contributed by atoms with Crippen LogP contribution in [0.2, 0.25) is 0 Å². The predicted octanol–water partition coefficient (Wildman–Crippen LogP) is 4.22. The van der Waals surface area contributed by atoms with Gasteiger partial charge >= 0.3 is 0 Å². The summed E-state index contributed by atoms with van der Waals surface area (Å²) in [6.45, 7) is 0.361. The molecule has 0 atom stereocenters. The Morgan fingerprint density at radius 2 is 0.917 bits per heavy atom. The molecule has 0 saturated heterocycles. The molecule has 120 valence electrons. The van der Waals surface area contributed by atoms with E-state index in [0.29, 0.717) is 12.8 Å². The van der Waals surface area contributed by atoms with Crippen LogP contribution in [-0.4, -0.2) is 23.4 Å². The standard InChI is InChI=1S/C22H20O2/c23-11-9-15-1-5-19-17(13-15)3-8-22-20-6-2-16(10-12-24)14-18(20)4-7-21(19)22/h1-8,13-14,23-24H,9-12H2. The Morgan fingerprint density at radius 3 is 1.33 bits per heavy atom. The van der Waals surface area contributed by atoms with Crippen molar-refractivity contribution in [1.29, 1.82) is 0 Å². The number of hydrogen-bond acceptors (Lipinski definition) is 2. The molecule has 0 heterocycles. The lowest BCUT2D eigenvalue weighted by Crippen LogP contribution is -1.91. The van der Waals surface area contributed by atoms with Gasteiger partial charge in [0.05, 0.1) is 0 Å². The van der Waals surface area contributed by atoms with E-state index in [4.69, 9.17) is 10.2 Å². The second-order valence-electron chi connectivity index (χ2n) is 6.28. The zero-order valence-corrected chi connectivity index (χ0v) is 13.5. The second-order valence-corrected chi connectivity index (χ2v) is 6.28. The van der Waals surface area contributed by atoms with Gasteiger partial charge in [-0.1, -0.05) is 60.7 Å². The molecule has 0 bridgehead atoms. The summed E-state index contributed by atoms with van der Waals surface area (Å²) in [6.07, 6.45) is 1.39. The molecule has 24 heavy (non-hydrogen) atoms. The lowest BCUT2D eigenvalue weighted by Gasteiger charge is -2.10. The van der Waals surface area contributed by atoms with Crippen LogP contribution in [0.25, 0.3) is 32.3 Å². The van der Waals surface area contributed by atoms with Gasteiger partial charge in [0.15, 0.2) is 0 Å². The largest absolute Gasteiger partial charge is 0.396 e. The van der Waals surface area contributed by atoms with Gasteiger partial charge in [0, 0.05) is 13.2 Å². The zero-order valence-electron chi connectivity index (χ0n) is 13.5. The molecule has 4 aromatic carbocycles. The van der Waals surface area contributed by atoms with Gasteiger partial charge in [-0.05, 0) is 56.3 Å². The quantitative estimate of drug-likeness (QED) is 0.554. The molecule has 0 aliphatic heterocycles. The highest BCUT2D eigenvalue weighted by Gasteiger charge is 2.06. The highest BCUT2D eigenvalue weighted by atomic mass is 16.3. The molecule has 2 nitrogen and oxygen atoms in total. The normalized spacial score (nSPS) is 11.6. The molecule has 0 fully saturated rings. The van der Waals surface area contributed by atoms with E-state index in [9.17, 15) is 0 Å². The smallest absolute Gasteiger partial charge is 0.0471 e. The minimum atomic E-state index is 0.180. The fraction of sp³-hybridized carbons (Fsp3) is 0.182. The minimum Gasteiger partial charge on any atom is -0.396 e. The SMILES string of the molecule is OCCc1ccc2c(ccc3c4ccc(CCO)cc4ccc23)c1. The third-order valence-corrected chi connectivity index (χ3v) is 4.76. The van der Waals surface area contributed by atoms with Crippen LogP contribution in [0.3, 0.4) is 0 Å². The number of benzene rings is 4. The second kappa shape index (κ2) is 6.23. The molecule has 0 aliphatic carbocycles. The molecular formula is C22H20O2. The van der Waals surface area contributed by atoms with Crippen LogP contribution in [0.5, 0.6) is 0 Å². The van der Waals surface area contributed by atoms with Crippen molar-refractivity contribution < 1.29 is 10.2 Å². The first-order chi connectivity index (χ1) is 11.8. The van der Waals surface area contributed by atoms with Crippen LogP contribution in [0.4, 0.5) is 0 Å². The third kappa shape index (κ3) is 2.54. The van der Waals surface area contributed by atoms with Crippen molar-refractivity contribution in [2.45, 2.75) is 12.8 Å². The van der Waals surface area contributed by atoms with Gasteiger partial charge in [-0.15, -0.1) is 0 Å². The number of rotatable bonds is 4. The number of fused-ring (bicyclic) bond motifs is 5. The van der Waals surface area contributed by atoms with E-state index in [1.54, 1.807) is 0 Å². The minimum absolute atomic E-state index is 0.180. The summed E-state index contributed by atoms with van der Waals surface area (Å²) in [5, 5.41) is 25.7. The number of aliphatic hydroxyl groups excluding tert-OH is 2. The Hall–Kier alpha value is -2.42. The first kappa shape index (κ1) is 15.1. The predicted molar refractivity (Wildman–Crippen MR) is 101 cm³/mol. The van der Waals surface area contributed by atoms with Crippen molar-refractivity contribution >= 4 is 32.3 Å². The Labute approximate surface area is 141 Å². The van der Waals surface area contributed by atoms with Crippen molar-refractivity contribution in [1.82, 2.24) is 0 Å². The maximum absolute atomic E-state index is 9.13. The average molecular weight is 316 g/mol. The van der Waals surface area contributed by atoms with Gasteiger partial charge in [-0.2, -0.15) is 0 Å². The van der Waals surface area contributed by atoms with Crippen molar-refractivity contribution in [2.75, 3.05) is 13.2 Å². The Morgan fingerprint density at radius 1 is 0.500 bits per heavy atom. The summed E-state index contributed by atoms with van der Waals surface area (Å²) in [5.41, 5.74) is 2.33. The van der Waals surface area contributed by atoms with E-state index in [1.807, 2.05) is 0 Å². The summed E-state index contributed by atoms with van der Waals surface area (Å²) in [4.78, 5) is 0. The Bertz CT molecular complexity index is 949. The number of hydrogen-bond donors (Lipinski definition) is 2. The average Bonchev–Trinajstić information content (AvgIpc) is 2.61. The molecule has 0 saturated carbocycles. The van der Waals surface area contributed by atoms with E-state index >= 15 is 0 Å². The molecule has 0 amide bonds. The van der Waals surface area contributed by atoms with E-state index in [1.165, 1.54) is 43.4 Å². The molecule has 4 rings (SSSR count). The van der Waals surface area contributed by atoms with Crippen molar-refractivity contribution in [3.63, 3.8) is 0 Å². The Balaban J connectivity index is 1.95. The first-order valence-corrected chi connectivity index (χ1v) is 8.39. The van der Waals surface area contributed by atoms with E-state index in [2.05, 4.69) is 60.7 Å². The molecule has 2 N–H and O–H groups in total. The highest BCUT2D eigenvalue weighted by Crippen LogP contribution is 2.32. The van der Waals surface area contributed by atoms with Gasteiger partial charge < -0.3 is 10.2 Å². The molecule has 4 aromatic rings.